The Morgan fingerprint density at radius 3 is 2.57 bits per heavy atom. The first-order chi connectivity index (χ1) is 10.2. The van der Waals surface area contributed by atoms with Gasteiger partial charge in [-0.3, -0.25) is 4.79 Å². The largest absolute Gasteiger partial charge is 0.357 e. The molecule has 0 radical (unpaired) electrons. The summed E-state index contributed by atoms with van der Waals surface area (Å²) in [5.74, 6) is 0.559. The molecule has 0 saturated carbocycles. The summed E-state index contributed by atoms with van der Waals surface area (Å²) in [6.45, 7) is 1.96. The summed E-state index contributed by atoms with van der Waals surface area (Å²) in [5, 5.41) is 3.43. The van der Waals surface area contributed by atoms with Crippen molar-refractivity contribution in [3.05, 3.63) is 47.4 Å². The summed E-state index contributed by atoms with van der Waals surface area (Å²) in [6, 6.07) is 8.70. The van der Waals surface area contributed by atoms with Crippen molar-refractivity contribution in [2.75, 3.05) is 23.3 Å². The quantitative estimate of drug-likeness (QED) is 0.947. The first kappa shape index (κ1) is 13.8. The smallest absolute Gasteiger partial charge is 0.274 e. The van der Waals surface area contributed by atoms with Gasteiger partial charge in [0.2, 0.25) is 0 Å². The molecule has 6 heteroatoms. The third-order valence-electron chi connectivity index (χ3n) is 3.42. The highest BCUT2D eigenvalue weighted by atomic mass is 35.5. The molecule has 1 saturated heterocycles. The highest BCUT2D eigenvalue weighted by Crippen LogP contribution is 2.18. The fourth-order valence-electron chi connectivity index (χ4n) is 2.32. The van der Waals surface area contributed by atoms with E-state index in [9.17, 15) is 4.79 Å². The zero-order chi connectivity index (χ0) is 14.7. The van der Waals surface area contributed by atoms with Crippen molar-refractivity contribution in [2.45, 2.75) is 12.8 Å². The molecule has 3 rings (SSSR count). The third-order valence-corrected chi connectivity index (χ3v) is 3.67. The molecule has 0 atom stereocenters. The van der Waals surface area contributed by atoms with E-state index in [1.165, 1.54) is 6.33 Å². The predicted molar refractivity (Wildman–Crippen MR) is 82.9 cm³/mol. The number of halogens is 1. The molecule has 1 amide bonds. The Balaban J connectivity index is 1.74. The van der Waals surface area contributed by atoms with Gasteiger partial charge in [-0.1, -0.05) is 11.6 Å². The van der Waals surface area contributed by atoms with Gasteiger partial charge in [-0.25, -0.2) is 9.97 Å². The van der Waals surface area contributed by atoms with Crippen molar-refractivity contribution < 1.29 is 4.79 Å². The third kappa shape index (κ3) is 3.31. The molecule has 0 unspecified atom stereocenters. The zero-order valence-electron chi connectivity index (χ0n) is 11.4. The van der Waals surface area contributed by atoms with Gasteiger partial charge in [0.15, 0.2) is 0 Å². The molecule has 1 fully saturated rings. The normalized spacial score (nSPS) is 14.2. The fourth-order valence-corrected chi connectivity index (χ4v) is 2.44. The molecule has 1 aromatic carbocycles. The Morgan fingerprint density at radius 1 is 1.14 bits per heavy atom. The van der Waals surface area contributed by atoms with Crippen molar-refractivity contribution in [1.82, 2.24) is 9.97 Å². The summed E-state index contributed by atoms with van der Waals surface area (Å²) in [7, 11) is 0. The SMILES string of the molecule is O=C(Nc1ccc(Cl)cc1)c1cc(N2CCCC2)ncn1. The van der Waals surface area contributed by atoms with Gasteiger partial charge in [0.25, 0.3) is 5.91 Å². The molecule has 2 heterocycles. The second-order valence-corrected chi connectivity index (χ2v) is 5.35. The lowest BCUT2D eigenvalue weighted by Crippen LogP contribution is -2.21. The molecular weight excluding hydrogens is 288 g/mol. The van der Waals surface area contributed by atoms with Crippen LogP contribution in [0, 0.1) is 0 Å². The van der Waals surface area contributed by atoms with Crippen molar-refractivity contribution in [2.24, 2.45) is 0 Å². The van der Waals surface area contributed by atoms with Gasteiger partial charge >= 0.3 is 0 Å². The number of hydrogen-bond acceptors (Lipinski definition) is 4. The molecule has 1 aromatic heterocycles. The lowest BCUT2D eigenvalue weighted by molar-refractivity contribution is 0.102. The Hall–Kier alpha value is -2.14. The number of nitrogens with one attached hydrogen (secondary N) is 1. The summed E-state index contributed by atoms with van der Waals surface area (Å²) in [6.07, 6.45) is 3.76. The first-order valence-electron chi connectivity index (χ1n) is 6.86. The van der Waals surface area contributed by atoms with Gasteiger partial charge in [0.1, 0.15) is 17.8 Å². The number of hydrogen-bond donors (Lipinski definition) is 1. The van der Waals surface area contributed by atoms with E-state index in [1.54, 1.807) is 30.3 Å². The Labute approximate surface area is 128 Å². The Morgan fingerprint density at radius 2 is 1.86 bits per heavy atom. The lowest BCUT2D eigenvalue weighted by Gasteiger charge is -2.16. The maximum atomic E-state index is 12.2. The monoisotopic (exact) mass is 302 g/mol. The highest BCUT2D eigenvalue weighted by molar-refractivity contribution is 6.30. The molecule has 0 bridgehead atoms. The molecule has 5 nitrogen and oxygen atoms in total. The van der Waals surface area contributed by atoms with Crippen LogP contribution >= 0.6 is 11.6 Å². The average molecular weight is 303 g/mol. The van der Waals surface area contributed by atoms with E-state index < -0.39 is 0 Å². The number of aromatic nitrogens is 2. The van der Waals surface area contributed by atoms with Crippen LogP contribution in [0.5, 0.6) is 0 Å². The summed E-state index contributed by atoms with van der Waals surface area (Å²) < 4.78 is 0. The van der Waals surface area contributed by atoms with E-state index in [1.807, 2.05) is 0 Å². The number of carbonyl (C=O) groups excluding carboxylic acids is 1. The molecule has 0 spiro atoms. The van der Waals surface area contributed by atoms with Crippen LogP contribution in [0.1, 0.15) is 23.3 Å². The standard InChI is InChI=1S/C15H15ClN4O/c16-11-3-5-12(6-4-11)19-15(21)13-9-14(18-10-17-13)20-7-1-2-8-20/h3-6,9-10H,1-2,7-8H2,(H,19,21). The maximum Gasteiger partial charge on any atom is 0.274 e. The summed E-state index contributed by atoms with van der Waals surface area (Å²) in [5.41, 5.74) is 1.05. The van der Waals surface area contributed by atoms with Crippen molar-refractivity contribution in [3.8, 4) is 0 Å². The molecule has 108 valence electrons. The van der Waals surface area contributed by atoms with Crippen molar-refractivity contribution in [3.63, 3.8) is 0 Å². The first-order valence-corrected chi connectivity index (χ1v) is 7.24. The number of rotatable bonds is 3. The number of nitrogens with zero attached hydrogens (tertiary/aromatic N) is 3. The molecule has 1 aliphatic heterocycles. The highest BCUT2D eigenvalue weighted by Gasteiger charge is 2.16. The molecular formula is C15H15ClN4O. The second kappa shape index (κ2) is 6.10. The Kier molecular flexibility index (Phi) is 4.01. The van der Waals surface area contributed by atoms with Crippen LogP contribution in [0.25, 0.3) is 0 Å². The zero-order valence-corrected chi connectivity index (χ0v) is 12.2. The van der Waals surface area contributed by atoms with Gasteiger partial charge in [0.05, 0.1) is 0 Å². The van der Waals surface area contributed by atoms with Gasteiger partial charge in [0, 0.05) is 29.9 Å². The Bertz CT molecular complexity index is 638. The van der Waals surface area contributed by atoms with Crippen LogP contribution in [0.3, 0.4) is 0 Å². The number of carbonyl (C=O) groups is 1. The molecule has 21 heavy (non-hydrogen) atoms. The van der Waals surface area contributed by atoms with Gasteiger partial charge in [-0.15, -0.1) is 0 Å². The van der Waals surface area contributed by atoms with Crippen LogP contribution < -0.4 is 10.2 Å². The van der Waals surface area contributed by atoms with Crippen LogP contribution in [-0.4, -0.2) is 29.0 Å². The fraction of sp³-hybridized carbons (Fsp3) is 0.267. The van der Waals surface area contributed by atoms with E-state index in [-0.39, 0.29) is 5.91 Å². The lowest BCUT2D eigenvalue weighted by atomic mass is 10.3. The number of anilines is 2. The molecule has 2 aromatic rings. The minimum atomic E-state index is -0.250. The summed E-state index contributed by atoms with van der Waals surface area (Å²) >= 11 is 5.82. The minimum absolute atomic E-state index is 0.250. The second-order valence-electron chi connectivity index (χ2n) is 4.92. The van der Waals surface area contributed by atoms with Crippen molar-refractivity contribution >= 4 is 29.0 Å². The van der Waals surface area contributed by atoms with Gasteiger partial charge in [-0.2, -0.15) is 0 Å². The molecule has 1 aliphatic rings. The van der Waals surface area contributed by atoms with Crippen LogP contribution in [0.15, 0.2) is 36.7 Å². The maximum absolute atomic E-state index is 12.2. The van der Waals surface area contributed by atoms with Crippen LogP contribution in [-0.2, 0) is 0 Å². The van der Waals surface area contributed by atoms with E-state index in [4.69, 9.17) is 11.6 Å². The van der Waals surface area contributed by atoms with Crippen LogP contribution in [0.2, 0.25) is 5.02 Å². The average Bonchev–Trinajstić information content (AvgIpc) is 3.04. The topological polar surface area (TPSA) is 58.1 Å². The van der Waals surface area contributed by atoms with Gasteiger partial charge < -0.3 is 10.2 Å². The predicted octanol–water partition coefficient (Wildman–Crippen LogP) is 2.98. The number of benzene rings is 1. The van der Waals surface area contributed by atoms with Gasteiger partial charge in [-0.05, 0) is 37.1 Å². The minimum Gasteiger partial charge on any atom is -0.357 e. The molecule has 1 N–H and O–H groups in total. The van der Waals surface area contributed by atoms with Crippen LogP contribution in [0.4, 0.5) is 11.5 Å². The summed E-state index contributed by atoms with van der Waals surface area (Å²) in [4.78, 5) is 22.7. The van der Waals surface area contributed by atoms with E-state index in [0.717, 1.165) is 31.7 Å². The van der Waals surface area contributed by atoms with E-state index in [0.29, 0.717) is 16.4 Å². The van der Waals surface area contributed by atoms with E-state index >= 15 is 0 Å². The van der Waals surface area contributed by atoms with Crippen molar-refractivity contribution in [1.29, 1.82) is 0 Å². The number of amides is 1. The molecule has 0 aliphatic carbocycles. The van der Waals surface area contributed by atoms with E-state index in [2.05, 4.69) is 20.2 Å².